The molecule has 1 atom stereocenters. The summed E-state index contributed by atoms with van der Waals surface area (Å²) in [6, 6.07) is 0. The van der Waals surface area contributed by atoms with Gasteiger partial charge in [0, 0.05) is 5.38 Å². The molecular weight excluding hydrogens is 146 g/mol. The number of aromatic nitrogens is 1. The molecule has 0 saturated carbocycles. The van der Waals surface area contributed by atoms with Crippen LogP contribution in [-0.2, 0) is 5.60 Å². The van der Waals surface area contributed by atoms with E-state index in [-0.39, 0.29) is 0 Å². The molecule has 1 N–H and O–H groups in total. The first-order valence-electron chi connectivity index (χ1n) is 3.28. The maximum absolute atomic E-state index is 9.63. The quantitative estimate of drug-likeness (QED) is 0.709. The summed E-state index contributed by atoms with van der Waals surface area (Å²) in [4.78, 5) is 4.03. The van der Waals surface area contributed by atoms with Gasteiger partial charge < -0.3 is 5.11 Å². The van der Waals surface area contributed by atoms with E-state index in [4.69, 9.17) is 0 Å². The van der Waals surface area contributed by atoms with E-state index < -0.39 is 5.60 Å². The molecule has 1 aromatic rings. The fourth-order valence-electron chi connectivity index (χ4n) is 0.660. The lowest BCUT2D eigenvalue weighted by Gasteiger charge is -2.17. The molecule has 0 amide bonds. The largest absolute Gasteiger partial charge is 0.384 e. The molecule has 56 valence electrons. The average molecular weight is 157 g/mol. The second kappa shape index (κ2) is 2.68. The Morgan fingerprint density at radius 2 is 2.50 bits per heavy atom. The predicted octanol–water partition coefficient (Wildman–Crippen LogP) is 1.76. The summed E-state index contributed by atoms with van der Waals surface area (Å²) < 4.78 is 0. The summed E-state index contributed by atoms with van der Waals surface area (Å²) >= 11 is 1.51. The fourth-order valence-corrected chi connectivity index (χ4v) is 1.34. The van der Waals surface area contributed by atoms with Crippen LogP contribution in [0, 0.1) is 0 Å². The minimum atomic E-state index is -0.736. The summed E-state index contributed by atoms with van der Waals surface area (Å²) in [6.45, 7) is 3.72. The lowest BCUT2D eigenvalue weighted by Crippen LogP contribution is -2.19. The van der Waals surface area contributed by atoms with Crippen LogP contribution in [0.1, 0.15) is 26.0 Å². The highest BCUT2D eigenvalue weighted by Crippen LogP contribution is 2.22. The molecule has 0 aliphatic rings. The Morgan fingerprint density at radius 1 is 1.80 bits per heavy atom. The summed E-state index contributed by atoms with van der Waals surface area (Å²) in [7, 11) is 0. The number of nitrogens with zero attached hydrogens (tertiary/aromatic N) is 1. The van der Waals surface area contributed by atoms with Crippen LogP contribution in [-0.4, -0.2) is 10.1 Å². The molecular formula is C7H11NOS. The van der Waals surface area contributed by atoms with E-state index in [1.165, 1.54) is 11.3 Å². The second-order valence-corrected chi connectivity index (χ2v) is 3.22. The van der Waals surface area contributed by atoms with Gasteiger partial charge in [-0.3, -0.25) is 0 Å². The number of hydrogen-bond donors (Lipinski definition) is 1. The van der Waals surface area contributed by atoms with Gasteiger partial charge in [-0.05, 0) is 13.3 Å². The van der Waals surface area contributed by atoms with Crippen molar-refractivity contribution < 1.29 is 5.11 Å². The second-order valence-electron chi connectivity index (χ2n) is 2.50. The van der Waals surface area contributed by atoms with Gasteiger partial charge in [0.25, 0.3) is 0 Å². The first kappa shape index (κ1) is 7.69. The number of aliphatic hydroxyl groups is 1. The monoisotopic (exact) mass is 157 g/mol. The van der Waals surface area contributed by atoms with E-state index >= 15 is 0 Å². The van der Waals surface area contributed by atoms with Gasteiger partial charge in [0.15, 0.2) is 0 Å². The normalized spacial score (nSPS) is 16.7. The number of rotatable bonds is 2. The first-order valence-corrected chi connectivity index (χ1v) is 4.22. The van der Waals surface area contributed by atoms with Crippen molar-refractivity contribution >= 4 is 11.3 Å². The van der Waals surface area contributed by atoms with Crippen molar-refractivity contribution in [2.45, 2.75) is 25.9 Å². The van der Waals surface area contributed by atoms with Crippen molar-refractivity contribution in [3.8, 4) is 0 Å². The molecule has 2 nitrogen and oxygen atoms in total. The molecule has 0 saturated heterocycles. The van der Waals surface area contributed by atoms with Crippen molar-refractivity contribution in [2.75, 3.05) is 0 Å². The lowest BCUT2D eigenvalue weighted by atomic mass is 10.0. The van der Waals surface area contributed by atoms with Crippen molar-refractivity contribution in [3.63, 3.8) is 0 Å². The van der Waals surface area contributed by atoms with Crippen LogP contribution in [0.15, 0.2) is 10.9 Å². The van der Waals surface area contributed by atoms with Gasteiger partial charge in [-0.15, -0.1) is 11.3 Å². The molecule has 1 rings (SSSR count). The van der Waals surface area contributed by atoms with Crippen LogP contribution in [0.2, 0.25) is 0 Å². The fraction of sp³-hybridized carbons (Fsp3) is 0.571. The molecule has 0 aromatic carbocycles. The SMILES string of the molecule is CCC(C)(O)c1cscn1. The van der Waals surface area contributed by atoms with E-state index in [0.717, 1.165) is 5.69 Å². The molecule has 0 fully saturated rings. The Kier molecular flexibility index (Phi) is 2.06. The van der Waals surface area contributed by atoms with Crippen LogP contribution >= 0.6 is 11.3 Å². The van der Waals surface area contributed by atoms with Gasteiger partial charge in [-0.1, -0.05) is 6.92 Å². The van der Waals surface area contributed by atoms with Gasteiger partial charge >= 0.3 is 0 Å². The highest BCUT2D eigenvalue weighted by atomic mass is 32.1. The third kappa shape index (κ3) is 1.36. The Hall–Kier alpha value is -0.410. The van der Waals surface area contributed by atoms with Crippen molar-refractivity contribution in [2.24, 2.45) is 0 Å². The molecule has 0 bridgehead atoms. The molecule has 1 unspecified atom stereocenters. The van der Waals surface area contributed by atoms with Crippen LogP contribution in [0.25, 0.3) is 0 Å². The maximum atomic E-state index is 9.63. The summed E-state index contributed by atoms with van der Waals surface area (Å²) in [6.07, 6.45) is 0.705. The van der Waals surface area contributed by atoms with Crippen LogP contribution < -0.4 is 0 Å². The Balaban J connectivity index is 2.85. The van der Waals surface area contributed by atoms with Crippen LogP contribution in [0.5, 0.6) is 0 Å². The first-order chi connectivity index (χ1) is 4.67. The number of thiazole rings is 1. The third-order valence-corrected chi connectivity index (χ3v) is 2.26. The summed E-state index contributed by atoms with van der Waals surface area (Å²) in [5, 5.41) is 11.5. The maximum Gasteiger partial charge on any atom is 0.104 e. The predicted molar refractivity (Wildman–Crippen MR) is 42.0 cm³/mol. The molecule has 10 heavy (non-hydrogen) atoms. The highest BCUT2D eigenvalue weighted by Gasteiger charge is 2.21. The molecule has 0 aliphatic carbocycles. The zero-order valence-corrected chi connectivity index (χ0v) is 6.98. The third-order valence-electron chi connectivity index (χ3n) is 1.67. The van der Waals surface area contributed by atoms with Gasteiger partial charge in [-0.25, -0.2) is 4.98 Å². The standard InChI is InChI=1S/C7H11NOS/c1-3-7(2,9)6-4-10-5-8-6/h4-5,9H,3H2,1-2H3. The van der Waals surface area contributed by atoms with Crippen LogP contribution in [0.3, 0.4) is 0 Å². The molecule has 1 aromatic heterocycles. The van der Waals surface area contributed by atoms with Crippen molar-refractivity contribution in [1.82, 2.24) is 4.98 Å². The summed E-state index contributed by atoms with van der Waals surface area (Å²) in [5.74, 6) is 0. The topological polar surface area (TPSA) is 33.1 Å². The Morgan fingerprint density at radius 3 is 2.90 bits per heavy atom. The minimum absolute atomic E-state index is 0.705. The van der Waals surface area contributed by atoms with E-state index in [1.807, 2.05) is 12.3 Å². The van der Waals surface area contributed by atoms with Gasteiger partial charge in [0.05, 0.1) is 11.2 Å². The van der Waals surface area contributed by atoms with E-state index in [9.17, 15) is 5.11 Å². The lowest BCUT2D eigenvalue weighted by molar-refractivity contribution is 0.0492. The smallest absolute Gasteiger partial charge is 0.104 e. The van der Waals surface area contributed by atoms with Crippen molar-refractivity contribution in [1.29, 1.82) is 0 Å². The van der Waals surface area contributed by atoms with Crippen LogP contribution in [0.4, 0.5) is 0 Å². The van der Waals surface area contributed by atoms with E-state index in [2.05, 4.69) is 4.98 Å². The molecule has 0 aliphatic heterocycles. The van der Waals surface area contributed by atoms with Crippen molar-refractivity contribution in [3.05, 3.63) is 16.6 Å². The highest BCUT2D eigenvalue weighted by molar-refractivity contribution is 7.07. The Labute approximate surface area is 64.5 Å². The van der Waals surface area contributed by atoms with Gasteiger partial charge in [0.1, 0.15) is 5.60 Å². The summed E-state index contributed by atoms with van der Waals surface area (Å²) in [5.41, 5.74) is 1.78. The minimum Gasteiger partial charge on any atom is -0.384 e. The number of hydrogen-bond acceptors (Lipinski definition) is 3. The average Bonchev–Trinajstić information content (AvgIpc) is 2.38. The molecule has 3 heteroatoms. The van der Waals surface area contributed by atoms with Gasteiger partial charge in [0.2, 0.25) is 0 Å². The molecule has 0 spiro atoms. The Bertz CT molecular complexity index is 193. The van der Waals surface area contributed by atoms with E-state index in [1.54, 1.807) is 12.4 Å². The zero-order chi connectivity index (χ0) is 7.61. The van der Waals surface area contributed by atoms with E-state index in [0.29, 0.717) is 6.42 Å². The molecule has 0 radical (unpaired) electrons. The van der Waals surface area contributed by atoms with Gasteiger partial charge in [-0.2, -0.15) is 0 Å². The zero-order valence-electron chi connectivity index (χ0n) is 6.16. The molecule has 1 heterocycles.